The lowest BCUT2D eigenvalue weighted by molar-refractivity contribution is -0.125. The maximum absolute atomic E-state index is 12.3. The second kappa shape index (κ2) is 11.0. The van der Waals surface area contributed by atoms with E-state index in [1.54, 1.807) is 30.5 Å². The van der Waals surface area contributed by atoms with Crippen molar-refractivity contribution in [2.45, 2.75) is 43.9 Å². The molecule has 0 aromatic carbocycles. The van der Waals surface area contributed by atoms with Gasteiger partial charge in [-0.3, -0.25) is 14.6 Å². The van der Waals surface area contributed by atoms with E-state index in [9.17, 15) is 14.7 Å². The molecule has 2 amide bonds. The molecule has 8 nitrogen and oxygen atoms in total. The summed E-state index contributed by atoms with van der Waals surface area (Å²) in [6.07, 6.45) is 9.55. The second-order valence-corrected chi connectivity index (χ2v) is 7.48. The van der Waals surface area contributed by atoms with Crippen LogP contribution < -0.4 is 10.6 Å². The van der Waals surface area contributed by atoms with Gasteiger partial charge in [-0.1, -0.05) is 18.6 Å². The number of hydrogen-bond donors (Lipinski definition) is 3. The minimum absolute atomic E-state index is 0.0776. The van der Waals surface area contributed by atoms with Gasteiger partial charge in [0.15, 0.2) is 0 Å². The number of ether oxygens (including phenoxy) is 1. The molecule has 0 saturated carbocycles. The number of rotatable bonds is 8. The van der Waals surface area contributed by atoms with Gasteiger partial charge in [0.2, 0.25) is 5.91 Å². The fourth-order valence-electron chi connectivity index (χ4n) is 3.66. The highest BCUT2D eigenvalue weighted by atomic mass is 16.5. The quantitative estimate of drug-likeness (QED) is 0.547. The Morgan fingerprint density at radius 3 is 2.79 bits per heavy atom. The highest BCUT2D eigenvalue weighted by molar-refractivity contribution is 5.94. The summed E-state index contributed by atoms with van der Waals surface area (Å²) >= 11 is 0. The summed E-state index contributed by atoms with van der Waals surface area (Å²) in [6.45, 7) is 3.45. The van der Waals surface area contributed by atoms with E-state index in [1.807, 2.05) is 0 Å². The summed E-state index contributed by atoms with van der Waals surface area (Å²) in [5, 5.41) is 15.4. The Balaban J connectivity index is 1.43. The topological polar surface area (TPSA) is 104 Å². The Labute approximate surface area is 171 Å². The monoisotopic (exact) mass is 402 g/mol. The molecule has 0 spiro atoms. The maximum Gasteiger partial charge on any atom is 0.253 e. The molecule has 0 radical (unpaired) electrons. The Kier molecular flexibility index (Phi) is 8.15. The Bertz CT molecular complexity index is 691. The predicted octanol–water partition coefficient (Wildman–Crippen LogP) is 0.488. The zero-order chi connectivity index (χ0) is 20.5. The van der Waals surface area contributed by atoms with Gasteiger partial charge in [0, 0.05) is 25.5 Å². The summed E-state index contributed by atoms with van der Waals surface area (Å²) in [7, 11) is 0. The van der Waals surface area contributed by atoms with Gasteiger partial charge in [-0.05, 0) is 38.1 Å². The van der Waals surface area contributed by atoms with Gasteiger partial charge in [-0.25, -0.2) is 0 Å². The van der Waals surface area contributed by atoms with Crippen molar-refractivity contribution in [3.05, 3.63) is 42.2 Å². The molecule has 3 heterocycles. The van der Waals surface area contributed by atoms with Gasteiger partial charge in [-0.15, -0.1) is 0 Å². The number of aliphatic hydroxyl groups excluding tert-OH is 1. The average Bonchev–Trinajstić information content (AvgIpc) is 2.76. The lowest BCUT2D eigenvalue weighted by Crippen LogP contribution is -2.49. The number of aliphatic hydroxyl groups is 1. The van der Waals surface area contributed by atoms with E-state index >= 15 is 0 Å². The van der Waals surface area contributed by atoms with Crippen LogP contribution in [0.25, 0.3) is 0 Å². The molecule has 1 saturated heterocycles. The minimum Gasteiger partial charge on any atom is -0.394 e. The van der Waals surface area contributed by atoms with Crippen molar-refractivity contribution in [2.24, 2.45) is 0 Å². The van der Waals surface area contributed by atoms with E-state index in [-0.39, 0.29) is 24.8 Å². The van der Waals surface area contributed by atoms with E-state index in [4.69, 9.17) is 4.74 Å². The molecule has 29 heavy (non-hydrogen) atoms. The molecular weight excluding hydrogens is 372 g/mol. The number of hydrogen-bond acceptors (Lipinski definition) is 6. The van der Waals surface area contributed by atoms with Crippen LogP contribution in [0, 0.1) is 0 Å². The van der Waals surface area contributed by atoms with Crippen LogP contribution in [-0.4, -0.2) is 77.8 Å². The third-order valence-corrected chi connectivity index (χ3v) is 5.27. The first-order valence-electron chi connectivity index (χ1n) is 10.3. The Morgan fingerprint density at radius 2 is 2.07 bits per heavy atom. The predicted molar refractivity (Wildman–Crippen MR) is 108 cm³/mol. The Hall–Kier alpha value is -2.29. The number of nitrogens with zero attached hydrogens (tertiary/aromatic N) is 2. The van der Waals surface area contributed by atoms with Crippen molar-refractivity contribution < 1.29 is 19.4 Å². The SMILES string of the molecule is O=C(C[C@H]1C=C[C@@H](NC(=O)c2cccnc2)[C@@H](CO)O1)NCCN1CCCCC1. The zero-order valence-corrected chi connectivity index (χ0v) is 16.6. The van der Waals surface area contributed by atoms with Crippen LogP contribution in [0.4, 0.5) is 0 Å². The molecule has 1 fully saturated rings. The van der Waals surface area contributed by atoms with Crippen molar-refractivity contribution >= 4 is 11.8 Å². The van der Waals surface area contributed by atoms with Crippen LogP contribution >= 0.6 is 0 Å². The highest BCUT2D eigenvalue weighted by Crippen LogP contribution is 2.16. The van der Waals surface area contributed by atoms with Crippen molar-refractivity contribution in [1.29, 1.82) is 0 Å². The van der Waals surface area contributed by atoms with E-state index < -0.39 is 18.2 Å². The van der Waals surface area contributed by atoms with E-state index in [1.165, 1.54) is 25.5 Å². The van der Waals surface area contributed by atoms with Crippen molar-refractivity contribution in [3.63, 3.8) is 0 Å². The van der Waals surface area contributed by atoms with Gasteiger partial charge in [0.1, 0.15) is 6.10 Å². The number of piperidine rings is 1. The summed E-state index contributed by atoms with van der Waals surface area (Å²) < 4.78 is 5.81. The number of aromatic nitrogens is 1. The van der Waals surface area contributed by atoms with Crippen LogP contribution in [0.3, 0.4) is 0 Å². The zero-order valence-electron chi connectivity index (χ0n) is 16.6. The molecule has 2 aliphatic rings. The molecular formula is C21H30N4O4. The van der Waals surface area contributed by atoms with E-state index in [0.29, 0.717) is 12.1 Å². The summed E-state index contributed by atoms with van der Waals surface area (Å²) in [4.78, 5) is 30.8. The Morgan fingerprint density at radius 1 is 1.24 bits per heavy atom. The number of carbonyl (C=O) groups excluding carboxylic acids is 2. The highest BCUT2D eigenvalue weighted by Gasteiger charge is 2.29. The molecule has 1 aromatic rings. The van der Waals surface area contributed by atoms with Gasteiger partial charge < -0.3 is 25.4 Å². The van der Waals surface area contributed by atoms with Gasteiger partial charge >= 0.3 is 0 Å². The second-order valence-electron chi connectivity index (χ2n) is 7.48. The molecule has 8 heteroatoms. The first-order chi connectivity index (χ1) is 14.2. The summed E-state index contributed by atoms with van der Waals surface area (Å²) in [5.41, 5.74) is 0.438. The van der Waals surface area contributed by atoms with Crippen LogP contribution in [0.5, 0.6) is 0 Å². The molecule has 0 unspecified atom stereocenters. The van der Waals surface area contributed by atoms with Crippen molar-refractivity contribution in [1.82, 2.24) is 20.5 Å². The molecule has 0 bridgehead atoms. The van der Waals surface area contributed by atoms with Crippen LogP contribution in [0.2, 0.25) is 0 Å². The van der Waals surface area contributed by atoms with Crippen molar-refractivity contribution in [3.8, 4) is 0 Å². The normalized spacial score (nSPS) is 24.8. The van der Waals surface area contributed by atoms with Crippen LogP contribution in [0.1, 0.15) is 36.0 Å². The molecule has 1 aromatic heterocycles. The third kappa shape index (κ3) is 6.62. The molecule has 3 N–H and O–H groups in total. The standard InChI is InChI=1S/C21H30N4O4/c26-15-19-18(24-21(28)16-5-4-8-22-14-16)7-6-17(29-19)13-20(27)23-9-12-25-10-2-1-3-11-25/h4-8,14,17-19,26H,1-3,9-13,15H2,(H,23,27)(H,24,28)/t17-,18-,19-/m1/s1. The summed E-state index contributed by atoms with van der Waals surface area (Å²) in [5.74, 6) is -0.366. The van der Waals surface area contributed by atoms with Crippen molar-refractivity contribution in [2.75, 3.05) is 32.8 Å². The number of amides is 2. The molecule has 3 atom stereocenters. The third-order valence-electron chi connectivity index (χ3n) is 5.27. The molecule has 158 valence electrons. The molecule has 3 rings (SSSR count). The van der Waals surface area contributed by atoms with E-state index in [2.05, 4.69) is 20.5 Å². The largest absolute Gasteiger partial charge is 0.394 e. The fourth-order valence-corrected chi connectivity index (χ4v) is 3.66. The smallest absolute Gasteiger partial charge is 0.253 e. The first-order valence-corrected chi connectivity index (χ1v) is 10.3. The number of pyridine rings is 1. The first kappa shape index (κ1) is 21.4. The van der Waals surface area contributed by atoms with Gasteiger partial charge in [0.25, 0.3) is 5.91 Å². The molecule has 2 aliphatic heterocycles. The average molecular weight is 402 g/mol. The van der Waals surface area contributed by atoms with Gasteiger partial charge in [0.05, 0.1) is 30.7 Å². The van der Waals surface area contributed by atoms with Crippen LogP contribution in [-0.2, 0) is 9.53 Å². The maximum atomic E-state index is 12.3. The minimum atomic E-state index is -0.605. The van der Waals surface area contributed by atoms with Crippen LogP contribution in [0.15, 0.2) is 36.7 Å². The van der Waals surface area contributed by atoms with Gasteiger partial charge in [-0.2, -0.15) is 0 Å². The van der Waals surface area contributed by atoms with E-state index in [0.717, 1.165) is 19.6 Å². The molecule has 0 aliphatic carbocycles. The lowest BCUT2D eigenvalue weighted by atomic mass is 10.0. The number of likely N-dealkylation sites (tertiary alicyclic amines) is 1. The number of carbonyl (C=O) groups is 2. The number of nitrogens with one attached hydrogen (secondary N) is 2. The fraction of sp³-hybridized carbons (Fsp3) is 0.571. The summed E-state index contributed by atoms with van der Waals surface area (Å²) in [6, 6.07) is 2.89. The lowest BCUT2D eigenvalue weighted by Gasteiger charge is -2.31.